The van der Waals surface area contributed by atoms with Crippen LogP contribution in [0.2, 0.25) is 0 Å². The molecule has 3 rings (SSSR count). The third kappa shape index (κ3) is 5.32. The Hall–Kier alpha value is -1.39. The van der Waals surface area contributed by atoms with Gasteiger partial charge in [0.1, 0.15) is 5.60 Å². The highest BCUT2D eigenvalue weighted by atomic mass is 16.6. The average Bonchev–Trinajstić information content (AvgIpc) is 3.27. The molecule has 1 N–H and O–H groups in total. The van der Waals surface area contributed by atoms with Crippen molar-refractivity contribution in [2.24, 2.45) is 5.92 Å². The smallest absolute Gasteiger partial charge is 0.338 e. The third-order valence-electron chi connectivity index (χ3n) is 4.59. The largest absolute Gasteiger partial charge is 0.456 e. The lowest BCUT2D eigenvalue weighted by Crippen LogP contribution is -2.46. The zero-order chi connectivity index (χ0) is 17.2. The van der Waals surface area contributed by atoms with Gasteiger partial charge in [-0.1, -0.05) is 12.1 Å². The Morgan fingerprint density at radius 1 is 1.21 bits per heavy atom. The van der Waals surface area contributed by atoms with E-state index in [1.54, 1.807) is 0 Å². The van der Waals surface area contributed by atoms with Crippen LogP contribution in [0, 0.1) is 5.92 Å². The summed E-state index contributed by atoms with van der Waals surface area (Å²) in [5, 5.41) is 3.59. The van der Waals surface area contributed by atoms with E-state index in [1.165, 1.54) is 44.5 Å². The van der Waals surface area contributed by atoms with Crippen molar-refractivity contribution in [3.8, 4) is 0 Å². The topological polar surface area (TPSA) is 41.6 Å². The molecule has 1 aromatic rings. The van der Waals surface area contributed by atoms with E-state index in [-0.39, 0.29) is 5.97 Å². The summed E-state index contributed by atoms with van der Waals surface area (Å²) in [5.41, 5.74) is 1.44. The van der Waals surface area contributed by atoms with Gasteiger partial charge in [0.05, 0.1) is 5.56 Å². The Labute approximate surface area is 145 Å². The predicted octanol–water partition coefficient (Wildman–Crippen LogP) is 3.22. The number of rotatable bonds is 7. The van der Waals surface area contributed by atoms with Gasteiger partial charge in [-0.05, 0) is 70.2 Å². The number of nitrogens with zero attached hydrogens (tertiary/aromatic N) is 1. The second kappa shape index (κ2) is 7.24. The normalized spacial score (nSPS) is 19.1. The van der Waals surface area contributed by atoms with Crippen LogP contribution in [-0.4, -0.2) is 42.1 Å². The lowest BCUT2D eigenvalue weighted by atomic mass is 9.95. The van der Waals surface area contributed by atoms with Crippen molar-refractivity contribution in [3.05, 3.63) is 35.4 Å². The predicted molar refractivity (Wildman–Crippen MR) is 96.0 cm³/mol. The van der Waals surface area contributed by atoms with E-state index in [1.807, 2.05) is 45.0 Å². The number of carbonyl (C=O) groups excluding carboxylic acids is 1. The van der Waals surface area contributed by atoms with Crippen LogP contribution in [0.15, 0.2) is 24.3 Å². The van der Waals surface area contributed by atoms with Gasteiger partial charge < -0.3 is 10.1 Å². The van der Waals surface area contributed by atoms with Crippen LogP contribution in [-0.2, 0) is 11.3 Å². The summed E-state index contributed by atoms with van der Waals surface area (Å²) in [6.07, 6.45) is 4.04. The fraction of sp³-hybridized carbons (Fsp3) is 0.650. The van der Waals surface area contributed by atoms with Gasteiger partial charge in [0.2, 0.25) is 0 Å². The molecule has 0 atom stereocenters. The second-order valence-electron chi connectivity index (χ2n) is 8.28. The highest BCUT2D eigenvalue weighted by Crippen LogP contribution is 2.23. The molecule has 0 unspecified atom stereocenters. The molecule has 0 bridgehead atoms. The van der Waals surface area contributed by atoms with Crippen LogP contribution in [0.1, 0.15) is 56.0 Å². The molecule has 1 saturated heterocycles. The molecule has 1 aromatic carbocycles. The van der Waals surface area contributed by atoms with Crippen molar-refractivity contribution in [3.63, 3.8) is 0 Å². The summed E-state index contributed by atoms with van der Waals surface area (Å²) < 4.78 is 5.39. The zero-order valence-electron chi connectivity index (χ0n) is 15.2. The summed E-state index contributed by atoms with van der Waals surface area (Å²) in [6, 6.07) is 8.66. The summed E-state index contributed by atoms with van der Waals surface area (Å²) in [6.45, 7) is 10.2. The van der Waals surface area contributed by atoms with Crippen molar-refractivity contribution in [1.82, 2.24) is 10.2 Å². The fourth-order valence-electron chi connectivity index (χ4n) is 3.11. The van der Waals surface area contributed by atoms with Gasteiger partial charge in [-0.2, -0.15) is 0 Å². The van der Waals surface area contributed by atoms with Crippen molar-refractivity contribution in [1.29, 1.82) is 0 Å². The number of nitrogens with one attached hydrogen (secondary N) is 1. The van der Waals surface area contributed by atoms with Gasteiger partial charge in [0.15, 0.2) is 0 Å². The lowest BCUT2D eigenvalue weighted by molar-refractivity contribution is 0.00695. The van der Waals surface area contributed by atoms with E-state index in [4.69, 9.17) is 4.74 Å². The Kier molecular flexibility index (Phi) is 5.26. The molecular weight excluding hydrogens is 300 g/mol. The number of benzene rings is 1. The van der Waals surface area contributed by atoms with E-state index < -0.39 is 5.60 Å². The first-order chi connectivity index (χ1) is 11.4. The van der Waals surface area contributed by atoms with Gasteiger partial charge >= 0.3 is 5.97 Å². The monoisotopic (exact) mass is 330 g/mol. The number of hydrogen-bond donors (Lipinski definition) is 1. The molecule has 24 heavy (non-hydrogen) atoms. The fourth-order valence-corrected chi connectivity index (χ4v) is 3.11. The zero-order valence-corrected chi connectivity index (χ0v) is 15.2. The van der Waals surface area contributed by atoms with E-state index in [0.717, 1.165) is 18.5 Å². The number of ether oxygens (including phenoxy) is 1. The minimum atomic E-state index is -0.448. The molecule has 0 amide bonds. The highest BCUT2D eigenvalue weighted by Gasteiger charge is 2.27. The standard InChI is InChI=1S/C20H30N2O2/c1-20(2,3)24-19(23)17-6-4-15(5-7-17)12-22-13-16(14-22)10-11-21-18-8-9-18/h4-7,16,18,21H,8-14H2,1-3H3. The lowest BCUT2D eigenvalue weighted by Gasteiger charge is -2.39. The van der Waals surface area contributed by atoms with E-state index in [2.05, 4.69) is 10.2 Å². The minimum absolute atomic E-state index is 0.249. The molecule has 2 fully saturated rings. The summed E-state index contributed by atoms with van der Waals surface area (Å²) in [5.74, 6) is 0.596. The molecule has 4 nitrogen and oxygen atoms in total. The third-order valence-corrected chi connectivity index (χ3v) is 4.59. The van der Waals surface area contributed by atoms with Gasteiger partial charge in [-0.15, -0.1) is 0 Å². The Morgan fingerprint density at radius 2 is 1.88 bits per heavy atom. The molecular formula is C20H30N2O2. The number of hydrogen-bond acceptors (Lipinski definition) is 4. The number of likely N-dealkylation sites (tertiary alicyclic amines) is 1. The Balaban J connectivity index is 1.38. The van der Waals surface area contributed by atoms with Crippen LogP contribution in [0.4, 0.5) is 0 Å². The molecule has 1 aliphatic carbocycles. The van der Waals surface area contributed by atoms with Crippen LogP contribution >= 0.6 is 0 Å². The summed E-state index contributed by atoms with van der Waals surface area (Å²) in [4.78, 5) is 14.5. The van der Waals surface area contributed by atoms with Crippen molar-refractivity contribution in [2.45, 2.75) is 58.2 Å². The van der Waals surface area contributed by atoms with Crippen LogP contribution in [0.5, 0.6) is 0 Å². The molecule has 1 heterocycles. The minimum Gasteiger partial charge on any atom is -0.456 e. The van der Waals surface area contributed by atoms with E-state index >= 15 is 0 Å². The van der Waals surface area contributed by atoms with Crippen LogP contribution < -0.4 is 5.32 Å². The van der Waals surface area contributed by atoms with Gasteiger partial charge in [0, 0.05) is 25.7 Å². The van der Waals surface area contributed by atoms with Gasteiger partial charge in [-0.25, -0.2) is 4.79 Å². The Bertz CT molecular complexity index is 552. The average molecular weight is 330 g/mol. The first-order valence-corrected chi connectivity index (χ1v) is 9.17. The Morgan fingerprint density at radius 3 is 2.46 bits per heavy atom. The van der Waals surface area contributed by atoms with E-state index in [0.29, 0.717) is 5.56 Å². The van der Waals surface area contributed by atoms with Crippen molar-refractivity contribution >= 4 is 5.97 Å². The molecule has 132 valence electrons. The maximum absolute atomic E-state index is 12.0. The maximum Gasteiger partial charge on any atom is 0.338 e. The summed E-state index contributed by atoms with van der Waals surface area (Å²) >= 11 is 0. The number of esters is 1. The van der Waals surface area contributed by atoms with Crippen LogP contribution in [0.25, 0.3) is 0 Å². The number of carbonyl (C=O) groups is 1. The first-order valence-electron chi connectivity index (χ1n) is 9.17. The molecule has 0 spiro atoms. The SMILES string of the molecule is CC(C)(C)OC(=O)c1ccc(CN2CC(CCNC3CC3)C2)cc1. The molecule has 0 aromatic heterocycles. The molecule has 1 saturated carbocycles. The van der Waals surface area contributed by atoms with E-state index in [9.17, 15) is 4.79 Å². The quantitative estimate of drug-likeness (QED) is 0.780. The second-order valence-corrected chi connectivity index (χ2v) is 8.28. The molecule has 0 radical (unpaired) electrons. The molecule has 1 aliphatic heterocycles. The van der Waals surface area contributed by atoms with Crippen molar-refractivity contribution in [2.75, 3.05) is 19.6 Å². The summed E-state index contributed by atoms with van der Waals surface area (Å²) in [7, 11) is 0. The highest BCUT2D eigenvalue weighted by molar-refractivity contribution is 5.89. The van der Waals surface area contributed by atoms with Gasteiger partial charge in [0.25, 0.3) is 0 Å². The van der Waals surface area contributed by atoms with Crippen LogP contribution in [0.3, 0.4) is 0 Å². The van der Waals surface area contributed by atoms with Crippen molar-refractivity contribution < 1.29 is 9.53 Å². The van der Waals surface area contributed by atoms with Gasteiger partial charge in [-0.3, -0.25) is 4.90 Å². The molecule has 4 heteroatoms. The maximum atomic E-state index is 12.0. The first kappa shape index (κ1) is 17.4. The molecule has 2 aliphatic rings.